The van der Waals surface area contributed by atoms with Gasteiger partial charge in [-0.1, -0.05) is 20.8 Å². The normalized spacial score (nSPS) is 28.2. The lowest BCUT2D eigenvalue weighted by Gasteiger charge is -2.39. The second kappa shape index (κ2) is 4.48. The molecule has 0 aromatic rings. The van der Waals surface area contributed by atoms with Crippen molar-refractivity contribution in [2.75, 3.05) is 13.1 Å². The van der Waals surface area contributed by atoms with Crippen LogP contribution in [0.25, 0.3) is 0 Å². The maximum absolute atomic E-state index is 11.8. The van der Waals surface area contributed by atoms with Crippen molar-refractivity contribution in [2.45, 2.75) is 59.9 Å². The summed E-state index contributed by atoms with van der Waals surface area (Å²) >= 11 is 0. The molecule has 0 amide bonds. The molecule has 1 saturated heterocycles. The predicted octanol–water partition coefficient (Wildman–Crippen LogP) is 1.69. The first-order chi connectivity index (χ1) is 7.08. The second-order valence-corrected chi connectivity index (χ2v) is 7.61. The lowest BCUT2D eigenvalue weighted by molar-refractivity contribution is -0.945. The number of likely N-dealkylation sites (tertiary alicyclic amines) is 1. The minimum Gasteiger partial charge on any atom is -0.324 e. The van der Waals surface area contributed by atoms with E-state index in [-0.39, 0.29) is 5.54 Å². The van der Waals surface area contributed by atoms with E-state index in [1.165, 1.54) is 11.3 Å². The molecule has 16 heavy (non-hydrogen) atoms. The van der Waals surface area contributed by atoms with Crippen LogP contribution in [0.4, 0.5) is 0 Å². The molecule has 1 heterocycles. The Hall–Kier alpha value is -0.370. The van der Waals surface area contributed by atoms with E-state index < -0.39 is 0 Å². The zero-order valence-electron chi connectivity index (χ0n) is 11.8. The van der Waals surface area contributed by atoms with Gasteiger partial charge < -0.3 is 4.90 Å². The third-order valence-electron chi connectivity index (χ3n) is 3.42. The van der Waals surface area contributed by atoms with E-state index in [9.17, 15) is 4.79 Å². The molecule has 2 atom stereocenters. The first-order valence-electron chi connectivity index (χ1n) is 6.45. The SMILES string of the molecule is CC(C)(C)C[C@@H]1CC(=O)C[NH+](C(C)(C)C)C1. The molecule has 0 aromatic carbocycles. The molecule has 2 heteroatoms. The van der Waals surface area contributed by atoms with Crippen LogP contribution in [0.3, 0.4) is 0 Å². The molecule has 1 fully saturated rings. The van der Waals surface area contributed by atoms with E-state index in [0.29, 0.717) is 17.1 Å². The average molecular weight is 226 g/mol. The summed E-state index contributed by atoms with van der Waals surface area (Å²) in [7, 11) is 0. The summed E-state index contributed by atoms with van der Waals surface area (Å²) < 4.78 is 0. The van der Waals surface area contributed by atoms with Crippen LogP contribution >= 0.6 is 0 Å². The van der Waals surface area contributed by atoms with E-state index in [4.69, 9.17) is 0 Å². The Balaban J connectivity index is 2.65. The van der Waals surface area contributed by atoms with Gasteiger partial charge in [-0.05, 0) is 32.6 Å². The number of rotatable bonds is 1. The smallest absolute Gasteiger partial charge is 0.187 e. The molecular weight excluding hydrogens is 198 g/mol. The highest BCUT2D eigenvalue weighted by atomic mass is 16.1. The Morgan fingerprint density at radius 1 is 1.19 bits per heavy atom. The van der Waals surface area contributed by atoms with Gasteiger partial charge in [0.05, 0.1) is 12.1 Å². The number of quaternary nitrogens is 1. The van der Waals surface area contributed by atoms with E-state index in [0.717, 1.165) is 19.5 Å². The third-order valence-corrected chi connectivity index (χ3v) is 3.42. The summed E-state index contributed by atoms with van der Waals surface area (Å²) in [5.41, 5.74) is 0.539. The summed E-state index contributed by atoms with van der Waals surface area (Å²) in [6, 6.07) is 0. The first-order valence-corrected chi connectivity index (χ1v) is 6.45. The first kappa shape index (κ1) is 13.7. The number of Topliss-reactive ketones (excluding diaryl/α,β-unsaturated/α-hetero) is 1. The standard InChI is InChI=1S/C14H27NO/c1-13(2,3)8-11-7-12(16)10-15(9-11)14(4,5)6/h11H,7-10H2,1-6H3/p+1/t11-/m0/s1. The maximum Gasteiger partial charge on any atom is 0.187 e. The van der Waals surface area contributed by atoms with Crippen LogP contribution in [0.5, 0.6) is 0 Å². The summed E-state index contributed by atoms with van der Waals surface area (Å²) in [5.74, 6) is 1.03. The summed E-state index contributed by atoms with van der Waals surface area (Å²) in [6.07, 6.45) is 1.97. The van der Waals surface area contributed by atoms with Crippen LogP contribution in [-0.4, -0.2) is 24.4 Å². The third kappa shape index (κ3) is 4.25. The summed E-state index contributed by atoms with van der Waals surface area (Å²) in [4.78, 5) is 13.3. The van der Waals surface area contributed by atoms with Crippen LogP contribution in [0, 0.1) is 11.3 Å². The van der Waals surface area contributed by atoms with Crippen LogP contribution in [-0.2, 0) is 4.79 Å². The lowest BCUT2D eigenvalue weighted by Crippen LogP contribution is -3.21. The Morgan fingerprint density at radius 2 is 1.75 bits per heavy atom. The Bertz CT molecular complexity index is 257. The number of hydrogen-bond donors (Lipinski definition) is 1. The predicted molar refractivity (Wildman–Crippen MR) is 67.6 cm³/mol. The van der Waals surface area contributed by atoms with Crippen LogP contribution < -0.4 is 4.90 Å². The number of ketones is 1. The lowest BCUT2D eigenvalue weighted by atomic mass is 9.80. The van der Waals surface area contributed by atoms with Crippen molar-refractivity contribution >= 4 is 5.78 Å². The molecule has 1 N–H and O–H groups in total. The zero-order chi connectivity index (χ0) is 12.6. The van der Waals surface area contributed by atoms with E-state index in [1.54, 1.807) is 0 Å². The molecular formula is C14H28NO+. The number of nitrogens with one attached hydrogen (secondary N) is 1. The van der Waals surface area contributed by atoms with Crippen molar-refractivity contribution < 1.29 is 9.69 Å². The van der Waals surface area contributed by atoms with Gasteiger partial charge in [0.1, 0.15) is 6.54 Å². The monoisotopic (exact) mass is 226 g/mol. The van der Waals surface area contributed by atoms with Crippen molar-refractivity contribution in [3.8, 4) is 0 Å². The number of hydrogen-bond acceptors (Lipinski definition) is 1. The number of carbonyl (C=O) groups is 1. The summed E-state index contributed by atoms with van der Waals surface area (Å²) in [6.45, 7) is 15.4. The van der Waals surface area contributed by atoms with Crippen molar-refractivity contribution in [3.63, 3.8) is 0 Å². The van der Waals surface area contributed by atoms with Gasteiger partial charge in [-0.3, -0.25) is 4.79 Å². The Kier molecular flexibility index (Phi) is 3.83. The second-order valence-electron chi connectivity index (χ2n) is 7.61. The highest BCUT2D eigenvalue weighted by Crippen LogP contribution is 2.26. The van der Waals surface area contributed by atoms with Gasteiger partial charge in [0.15, 0.2) is 5.78 Å². The molecule has 1 aliphatic heterocycles. The van der Waals surface area contributed by atoms with Gasteiger partial charge in [0.25, 0.3) is 0 Å². The average Bonchev–Trinajstić information content (AvgIpc) is 1.97. The Morgan fingerprint density at radius 3 is 2.19 bits per heavy atom. The Labute approximate surface area is 100 Å². The molecule has 0 saturated carbocycles. The van der Waals surface area contributed by atoms with Gasteiger partial charge in [-0.15, -0.1) is 0 Å². The molecule has 1 unspecified atom stereocenters. The quantitative estimate of drug-likeness (QED) is 0.722. The van der Waals surface area contributed by atoms with Crippen molar-refractivity contribution in [3.05, 3.63) is 0 Å². The van der Waals surface area contributed by atoms with Crippen molar-refractivity contribution in [1.29, 1.82) is 0 Å². The maximum atomic E-state index is 11.8. The number of piperidine rings is 1. The fourth-order valence-corrected chi connectivity index (χ4v) is 2.71. The molecule has 2 nitrogen and oxygen atoms in total. The van der Waals surface area contributed by atoms with Crippen LogP contribution in [0.1, 0.15) is 54.4 Å². The largest absolute Gasteiger partial charge is 0.324 e. The molecule has 1 aliphatic rings. The minimum atomic E-state index is 0.201. The van der Waals surface area contributed by atoms with Crippen molar-refractivity contribution in [1.82, 2.24) is 0 Å². The van der Waals surface area contributed by atoms with Crippen LogP contribution in [0.2, 0.25) is 0 Å². The molecule has 0 spiro atoms. The molecule has 0 radical (unpaired) electrons. The molecule has 0 aromatic heterocycles. The zero-order valence-corrected chi connectivity index (χ0v) is 11.8. The highest BCUT2D eigenvalue weighted by Gasteiger charge is 2.36. The molecule has 0 bridgehead atoms. The highest BCUT2D eigenvalue weighted by molar-refractivity contribution is 5.80. The number of carbonyl (C=O) groups excluding carboxylic acids is 1. The van der Waals surface area contributed by atoms with E-state index in [2.05, 4.69) is 41.5 Å². The van der Waals surface area contributed by atoms with E-state index in [1.807, 2.05) is 0 Å². The molecule has 94 valence electrons. The van der Waals surface area contributed by atoms with Gasteiger partial charge in [-0.2, -0.15) is 0 Å². The fraction of sp³-hybridized carbons (Fsp3) is 0.929. The van der Waals surface area contributed by atoms with Gasteiger partial charge in [0.2, 0.25) is 0 Å². The van der Waals surface area contributed by atoms with Gasteiger partial charge in [0, 0.05) is 12.3 Å². The van der Waals surface area contributed by atoms with Crippen LogP contribution in [0.15, 0.2) is 0 Å². The summed E-state index contributed by atoms with van der Waals surface area (Å²) in [5, 5.41) is 0. The van der Waals surface area contributed by atoms with Crippen molar-refractivity contribution in [2.24, 2.45) is 11.3 Å². The van der Waals surface area contributed by atoms with Gasteiger partial charge >= 0.3 is 0 Å². The van der Waals surface area contributed by atoms with E-state index >= 15 is 0 Å². The molecule has 0 aliphatic carbocycles. The minimum absolute atomic E-state index is 0.201. The fourth-order valence-electron chi connectivity index (χ4n) is 2.71. The van der Waals surface area contributed by atoms with Gasteiger partial charge in [-0.25, -0.2) is 0 Å². The topological polar surface area (TPSA) is 21.5 Å². The molecule has 1 rings (SSSR count).